The summed E-state index contributed by atoms with van der Waals surface area (Å²) in [7, 11) is -1.53. The molecule has 0 fully saturated rings. The van der Waals surface area contributed by atoms with Gasteiger partial charge in [0.2, 0.25) is 0 Å². The van der Waals surface area contributed by atoms with E-state index in [0.29, 0.717) is 12.0 Å². The fourth-order valence-electron chi connectivity index (χ4n) is 1.85. The zero-order valence-corrected chi connectivity index (χ0v) is 10.1. The maximum atomic E-state index is 11.8. The van der Waals surface area contributed by atoms with Crippen molar-refractivity contribution in [3.63, 3.8) is 0 Å². The predicted octanol–water partition coefficient (Wildman–Crippen LogP) is -0.115. The maximum absolute atomic E-state index is 11.8. The molecule has 0 amide bonds. The zero-order valence-electron chi connectivity index (χ0n) is 10.1. The van der Waals surface area contributed by atoms with Crippen molar-refractivity contribution in [2.24, 2.45) is 0 Å². The van der Waals surface area contributed by atoms with Crippen LogP contribution in [0.1, 0.15) is 11.1 Å². The van der Waals surface area contributed by atoms with Crippen LogP contribution in [-0.4, -0.2) is 21.7 Å². The van der Waals surface area contributed by atoms with E-state index in [2.05, 4.69) is 0 Å². The summed E-state index contributed by atoms with van der Waals surface area (Å²) in [6, 6.07) is 10.4. The van der Waals surface area contributed by atoms with Crippen LogP contribution in [-0.2, 0) is 6.54 Å². The van der Waals surface area contributed by atoms with Crippen LogP contribution in [0.15, 0.2) is 47.4 Å². The highest BCUT2D eigenvalue weighted by Gasteiger charge is 2.15. The van der Waals surface area contributed by atoms with Crippen LogP contribution >= 0.6 is 0 Å². The Morgan fingerprint density at radius 3 is 2.61 bits per heavy atom. The van der Waals surface area contributed by atoms with Crippen LogP contribution in [0.25, 0.3) is 0 Å². The van der Waals surface area contributed by atoms with Crippen LogP contribution in [0.3, 0.4) is 0 Å². The normalized spacial score (nSPS) is 10.4. The van der Waals surface area contributed by atoms with Gasteiger partial charge in [0.15, 0.2) is 0 Å². The van der Waals surface area contributed by atoms with Gasteiger partial charge in [0.1, 0.15) is 0 Å². The molecule has 2 rings (SSSR count). The molecule has 4 nitrogen and oxygen atoms in total. The van der Waals surface area contributed by atoms with Crippen molar-refractivity contribution in [1.29, 1.82) is 0 Å². The summed E-state index contributed by atoms with van der Waals surface area (Å²) in [6.45, 7) is 2.18. The molecule has 0 aliphatic carbocycles. The van der Waals surface area contributed by atoms with E-state index in [0.717, 1.165) is 11.1 Å². The third-order valence-corrected chi connectivity index (χ3v) is 2.83. The lowest BCUT2D eigenvalue weighted by Crippen LogP contribution is -2.34. The molecule has 0 radical (unpaired) electrons. The van der Waals surface area contributed by atoms with Gasteiger partial charge in [-0.3, -0.25) is 4.79 Å². The molecule has 0 aliphatic rings. The molecule has 0 unspecified atom stereocenters. The highest BCUT2D eigenvalue weighted by atomic mass is 16.4. The summed E-state index contributed by atoms with van der Waals surface area (Å²) < 4.78 is 1.54. The highest BCUT2D eigenvalue weighted by molar-refractivity contribution is 6.59. The SMILES string of the molecule is Cc1ccn(Cc2ccccc2B(O)O)c(=O)c1. The van der Waals surface area contributed by atoms with Crippen molar-refractivity contribution >= 4 is 12.6 Å². The molecule has 0 aliphatic heterocycles. The van der Waals surface area contributed by atoms with Crippen LogP contribution in [0, 0.1) is 6.92 Å². The number of aryl methyl sites for hydroxylation is 1. The molecule has 0 saturated carbocycles. The Morgan fingerprint density at radius 2 is 1.94 bits per heavy atom. The van der Waals surface area contributed by atoms with Crippen molar-refractivity contribution in [1.82, 2.24) is 4.57 Å². The van der Waals surface area contributed by atoms with Gasteiger partial charge in [-0.15, -0.1) is 0 Å². The van der Waals surface area contributed by atoms with E-state index >= 15 is 0 Å². The van der Waals surface area contributed by atoms with E-state index < -0.39 is 7.12 Å². The fraction of sp³-hybridized carbons (Fsp3) is 0.154. The second-order valence-electron chi connectivity index (χ2n) is 4.24. The van der Waals surface area contributed by atoms with Crippen LogP contribution in [0.2, 0.25) is 0 Å². The Hall–Kier alpha value is -1.85. The van der Waals surface area contributed by atoms with Crippen molar-refractivity contribution in [3.05, 3.63) is 64.1 Å². The van der Waals surface area contributed by atoms with Crippen molar-refractivity contribution in [2.45, 2.75) is 13.5 Å². The van der Waals surface area contributed by atoms with Gasteiger partial charge in [0.25, 0.3) is 5.56 Å². The molecule has 0 saturated heterocycles. The van der Waals surface area contributed by atoms with Gasteiger partial charge in [0.05, 0.1) is 6.54 Å². The largest absolute Gasteiger partial charge is 0.488 e. The van der Waals surface area contributed by atoms with Crippen molar-refractivity contribution < 1.29 is 10.0 Å². The minimum atomic E-state index is -1.53. The number of hydrogen-bond donors (Lipinski definition) is 2. The first kappa shape index (κ1) is 12.6. The molecule has 92 valence electrons. The number of rotatable bonds is 3. The van der Waals surface area contributed by atoms with E-state index in [1.165, 1.54) is 4.57 Å². The minimum absolute atomic E-state index is 0.0998. The third kappa shape index (κ3) is 2.69. The monoisotopic (exact) mass is 243 g/mol. The molecule has 1 heterocycles. The van der Waals surface area contributed by atoms with E-state index in [4.69, 9.17) is 0 Å². The summed E-state index contributed by atoms with van der Waals surface area (Å²) in [5, 5.41) is 18.5. The van der Waals surface area contributed by atoms with E-state index in [1.807, 2.05) is 13.0 Å². The Morgan fingerprint density at radius 1 is 1.22 bits per heavy atom. The van der Waals surface area contributed by atoms with Gasteiger partial charge in [-0.2, -0.15) is 0 Å². The molecular formula is C13H14BNO3. The van der Waals surface area contributed by atoms with Gasteiger partial charge in [-0.1, -0.05) is 24.3 Å². The lowest BCUT2D eigenvalue weighted by Gasteiger charge is -2.10. The van der Waals surface area contributed by atoms with Crippen molar-refractivity contribution in [3.8, 4) is 0 Å². The van der Waals surface area contributed by atoms with Crippen molar-refractivity contribution in [2.75, 3.05) is 0 Å². The zero-order chi connectivity index (χ0) is 13.1. The minimum Gasteiger partial charge on any atom is -0.423 e. The lowest BCUT2D eigenvalue weighted by molar-refractivity contribution is 0.425. The van der Waals surface area contributed by atoms with Crippen LogP contribution in [0.5, 0.6) is 0 Å². The number of pyridine rings is 1. The van der Waals surface area contributed by atoms with E-state index in [9.17, 15) is 14.8 Å². The van der Waals surface area contributed by atoms with Gasteiger partial charge < -0.3 is 14.6 Å². The molecule has 1 aromatic carbocycles. The third-order valence-electron chi connectivity index (χ3n) is 2.83. The Kier molecular flexibility index (Phi) is 3.65. The molecule has 1 aromatic heterocycles. The molecule has 0 spiro atoms. The maximum Gasteiger partial charge on any atom is 0.488 e. The van der Waals surface area contributed by atoms with Gasteiger partial charge >= 0.3 is 7.12 Å². The second-order valence-corrected chi connectivity index (χ2v) is 4.24. The Balaban J connectivity index is 2.37. The predicted molar refractivity (Wildman–Crippen MR) is 70.8 cm³/mol. The Bertz CT molecular complexity index is 607. The summed E-state index contributed by atoms with van der Waals surface area (Å²) in [6.07, 6.45) is 1.71. The number of benzene rings is 1. The van der Waals surface area contributed by atoms with E-state index in [-0.39, 0.29) is 5.56 Å². The Labute approximate surface area is 105 Å². The first-order valence-electron chi connectivity index (χ1n) is 5.69. The summed E-state index contributed by atoms with van der Waals surface area (Å²) in [5.74, 6) is 0. The number of hydrogen-bond acceptors (Lipinski definition) is 3. The van der Waals surface area contributed by atoms with Crippen LogP contribution < -0.4 is 11.0 Å². The fourth-order valence-corrected chi connectivity index (χ4v) is 1.85. The second kappa shape index (κ2) is 5.20. The van der Waals surface area contributed by atoms with Crippen LogP contribution in [0.4, 0.5) is 0 Å². The van der Waals surface area contributed by atoms with Gasteiger partial charge in [-0.25, -0.2) is 0 Å². The molecule has 5 heteroatoms. The molecule has 0 atom stereocenters. The number of aromatic nitrogens is 1. The van der Waals surface area contributed by atoms with E-state index in [1.54, 1.807) is 36.5 Å². The topological polar surface area (TPSA) is 62.5 Å². The quantitative estimate of drug-likeness (QED) is 0.739. The molecule has 2 aromatic rings. The number of nitrogens with zero attached hydrogens (tertiary/aromatic N) is 1. The molecule has 0 bridgehead atoms. The summed E-state index contributed by atoms with van der Waals surface area (Å²) >= 11 is 0. The summed E-state index contributed by atoms with van der Waals surface area (Å²) in [5.41, 5.74) is 1.95. The first-order valence-corrected chi connectivity index (χ1v) is 5.69. The molecule has 18 heavy (non-hydrogen) atoms. The highest BCUT2D eigenvalue weighted by Crippen LogP contribution is 2.00. The van der Waals surface area contributed by atoms with Gasteiger partial charge in [-0.05, 0) is 29.6 Å². The average molecular weight is 243 g/mol. The lowest BCUT2D eigenvalue weighted by atomic mass is 9.77. The van der Waals surface area contributed by atoms with Gasteiger partial charge in [0, 0.05) is 12.3 Å². The average Bonchev–Trinajstić information content (AvgIpc) is 2.33. The first-order chi connectivity index (χ1) is 8.58. The molecular weight excluding hydrogens is 229 g/mol. The standard InChI is InChI=1S/C13H14BNO3/c1-10-6-7-15(13(16)8-10)9-11-4-2-3-5-12(11)14(17)18/h2-8,17-18H,9H2,1H3. The summed E-state index contributed by atoms with van der Waals surface area (Å²) in [4.78, 5) is 11.8. The molecule has 2 N–H and O–H groups in total. The smallest absolute Gasteiger partial charge is 0.423 e.